The van der Waals surface area contributed by atoms with E-state index in [1.165, 1.54) is 0 Å². The van der Waals surface area contributed by atoms with Gasteiger partial charge >= 0.3 is 0 Å². The van der Waals surface area contributed by atoms with Gasteiger partial charge in [0, 0.05) is 48.7 Å². The highest BCUT2D eigenvalue weighted by molar-refractivity contribution is 6.01. The molecule has 1 fully saturated rings. The molecule has 0 amide bonds. The molecule has 0 spiro atoms. The van der Waals surface area contributed by atoms with Crippen LogP contribution in [0.25, 0.3) is 33.4 Å². The molecule has 4 aromatic rings. The lowest BCUT2D eigenvalue weighted by Crippen LogP contribution is -2.41. The number of anilines is 1. The highest BCUT2D eigenvalue weighted by atomic mass is 16.5. The maximum atomic E-state index is 5.74. The van der Waals surface area contributed by atoms with Crippen LogP contribution in [0.1, 0.15) is 26.8 Å². The highest BCUT2D eigenvalue weighted by Crippen LogP contribution is 2.35. The number of aromatic nitrogens is 6. The van der Waals surface area contributed by atoms with Gasteiger partial charge in [-0.05, 0) is 44.5 Å². The van der Waals surface area contributed by atoms with Gasteiger partial charge in [-0.2, -0.15) is 10.2 Å². The van der Waals surface area contributed by atoms with Crippen LogP contribution >= 0.6 is 0 Å². The summed E-state index contributed by atoms with van der Waals surface area (Å²) in [4.78, 5) is 12.0. The summed E-state index contributed by atoms with van der Waals surface area (Å²) in [7, 11) is 0. The second-order valence-corrected chi connectivity index (χ2v) is 7.98. The number of fused-ring (bicyclic) bond motifs is 1. The van der Waals surface area contributed by atoms with Crippen molar-refractivity contribution in [3.05, 3.63) is 43.0 Å². The minimum atomic E-state index is 0.171. The van der Waals surface area contributed by atoms with Gasteiger partial charge in [-0.25, -0.2) is 4.98 Å². The Morgan fingerprint density at radius 1 is 1.23 bits per heavy atom. The van der Waals surface area contributed by atoms with Gasteiger partial charge in [0.15, 0.2) is 0 Å². The number of hydrogen-bond acceptors (Lipinski definition) is 6. The van der Waals surface area contributed by atoms with Crippen molar-refractivity contribution in [3.8, 4) is 22.5 Å². The molecule has 1 unspecified atom stereocenters. The molecule has 1 aliphatic heterocycles. The van der Waals surface area contributed by atoms with Gasteiger partial charge in [0.2, 0.25) is 0 Å². The molecule has 8 heteroatoms. The van der Waals surface area contributed by atoms with E-state index in [9.17, 15) is 0 Å². The van der Waals surface area contributed by atoms with E-state index < -0.39 is 0 Å². The summed E-state index contributed by atoms with van der Waals surface area (Å²) >= 11 is 0. The maximum Gasteiger partial charge on any atom is 0.130 e. The Balaban J connectivity index is 1.73. The van der Waals surface area contributed by atoms with Gasteiger partial charge in [-0.1, -0.05) is 0 Å². The Bertz CT molecular complexity index is 1170. The molecule has 0 aromatic carbocycles. The molecular weight excluding hydrogens is 378 g/mol. The van der Waals surface area contributed by atoms with E-state index in [1.54, 1.807) is 6.20 Å². The number of ether oxygens (including phenoxy) is 1. The van der Waals surface area contributed by atoms with E-state index in [-0.39, 0.29) is 6.10 Å². The van der Waals surface area contributed by atoms with Crippen LogP contribution in [0, 0.1) is 0 Å². The Morgan fingerprint density at radius 3 is 2.87 bits per heavy atom. The first-order chi connectivity index (χ1) is 14.6. The van der Waals surface area contributed by atoms with Gasteiger partial charge in [0.1, 0.15) is 17.0 Å². The van der Waals surface area contributed by atoms with E-state index >= 15 is 0 Å². The molecule has 154 valence electrons. The van der Waals surface area contributed by atoms with Crippen LogP contribution in [0.4, 0.5) is 5.82 Å². The van der Waals surface area contributed by atoms with Gasteiger partial charge in [-0.3, -0.25) is 14.8 Å². The zero-order valence-electron chi connectivity index (χ0n) is 17.4. The Hall–Kier alpha value is -3.26. The first kappa shape index (κ1) is 18.7. The molecule has 1 N–H and O–H groups in total. The van der Waals surface area contributed by atoms with Crippen LogP contribution in [0.3, 0.4) is 0 Å². The molecule has 5 heterocycles. The topological polar surface area (TPSA) is 84.8 Å². The first-order valence-corrected chi connectivity index (χ1v) is 10.3. The third kappa shape index (κ3) is 3.33. The Morgan fingerprint density at radius 2 is 2.13 bits per heavy atom. The predicted octanol–water partition coefficient (Wildman–Crippen LogP) is 3.69. The van der Waals surface area contributed by atoms with Gasteiger partial charge in [0.05, 0.1) is 24.6 Å². The summed E-state index contributed by atoms with van der Waals surface area (Å²) < 4.78 is 7.72. The SMILES string of the molecule is CC1CN(c2cc(-c3cnn(C(C)C)c3)c3ccnc(-c4ccn[nH]4)c3n2)CCO1. The fraction of sp³-hybridized carbons (Fsp3) is 0.364. The second-order valence-electron chi connectivity index (χ2n) is 7.98. The molecule has 1 saturated heterocycles. The highest BCUT2D eigenvalue weighted by Gasteiger charge is 2.22. The number of aromatic amines is 1. The molecular formula is C22H25N7O. The molecule has 1 aliphatic rings. The van der Waals surface area contributed by atoms with Crippen LogP contribution < -0.4 is 4.90 Å². The lowest BCUT2D eigenvalue weighted by Gasteiger charge is -2.32. The molecule has 0 saturated carbocycles. The van der Waals surface area contributed by atoms with Crippen molar-refractivity contribution in [1.82, 2.24) is 29.9 Å². The van der Waals surface area contributed by atoms with Crippen molar-refractivity contribution in [1.29, 1.82) is 0 Å². The van der Waals surface area contributed by atoms with Gasteiger partial charge in [0.25, 0.3) is 0 Å². The van der Waals surface area contributed by atoms with E-state index in [4.69, 9.17) is 9.72 Å². The van der Waals surface area contributed by atoms with Crippen molar-refractivity contribution in [2.24, 2.45) is 0 Å². The number of nitrogens with one attached hydrogen (secondary N) is 1. The lowest BCUT2D eigenvalue weighted by atomic mass is 10.0. The van der Waals surface area contributed by atoms with E-state index in [1.807, 2.05) is 29.2 Å². The fourth-order valence-corrected chi connectivity index (χ4v) is 3.91. The predicted molar refractivity (Wildman–Crippen MR) is 116 cm³/mol. The molecule has 4 aromatic heterocycles. The summed E-state index contributed by atoms with van der Waals surface area (Å²) in [6.07, 6.45) is 7.76. The Labute approximate surface area is 174 Å². The third-order valence-corrected chi connectivity index (χ3v) is 5.48. The van der Waals surface area contributed by atoms with Crippen molar-refractivity contribution in [2.45, 2.75) is 32.9 Å². The van der Waals surface area contributed by atoms with Crippen LogP contribution in [0.5, 0.6) is 0 Å². The summed E-state index contributed by atoms with van der Waals surface area (Å²) in [5.74, 6) is 0.929. The van der Waals surface area contributed by atoms with E-state index in [0.29, 0.717) is 12.6 Å². The van der Waals surface area contributed by atoms with E-state index in [2.05, 4.69) is 58.2 Å². The summed E-state index contributed by atoms with van der Waals surface area (Å²) in [5.41, 5.74) is 4.67. The number of rotatable bonds is 4. The van der Waals surface area contributed by atoms with Crippen molar-refractivity contribution in [2.75, 3.05) is 24.6 Å². The average molecular weight is 403 g/mol. The van der Waals surface area contributed by atoms with Crippen LogP contribution in [0.2, 0.25) is 0 Å². The van der Waals surface area contributed by atoms with Crippen LogP contribution in [-0.2, 0) is 4.74 Å². The average Bonchev–Trinajstić information content (AvgIpc) is 3.45. The zero-order valence-corrected chi connectivity index (χ0v) is 17.4. The largest absolute Gasteiger partial charge is 0.375 e. The minimum absolute atomic E-state index is 0.171. The first-order valence-electron chi connectivity index (χ1n) is 10.3. The molecule has 1 atom stereocenters. The van der Waals surface area contributed by atoms with Crippen molar-refractivity contribution < 1.29 is 4.74 Å². The normalized spacial score (nSPS) is 17.2. The second kappa shape index (κ2) is 7.53. The lowest BCUT2D eigenvalue weighted by molar-refractivity contribution is 0.0529. The summed E-state index contributed by atoms with van der Waals surface area (Å²) in [6.45, 7) is 8.67. The smallest absolute Gasteiger partial charge is 0.130 e. The minimum Gasteiger partial charge on any atom is -0.375 e. The number of H-pyrrole nitrogens is 1. The molecule has 0 bridgehead atoms. The fourth-order valence-electron chi connectivity index (χ4n) is 3.91. The number of pyridine rings is 2. The summed E-state index contributed by atoms with van der Waals surface area (Å²) in [6, 6.07) is 6.41. The third-order valence-electron chi connectivity index (χ3n) is 5.48. The Kier molecular flexibility index (Phi) is 4.71. The number of morpholine rings is 1. The van der Waals surface area contributed by atoms with Crippen LogP contribution in [0.15, 0.2) is 43.0 Å². The number of nitrogens with zero attached hydrogens (tertiary/aromatic N) is 6. The molecule has 8 nitrogen and oxygen atoms in total. The maximum absolute atomic E-state index is 5.74. The standard InChI is InChI=1S/C22H25N7O/c1-14(2)29-13-16(11-25-29)18-10-20(28-8-9-30-15(3)12-28)26-21-17(18)4-6-23-22(21)19-5-7-24-27-19/h4-7,10-11,13-15H,8-9,12H2,1-3H3,(H,24,27). The molecule has 5 rings (SSSR count). The van der Waals surface area contributed by atoms with Gasteiger partial charge in [-0.15, -0.1) is 0 Å². The zero-order chi connectivity index (χ0) is 20.7. The quantitative estimate of drug-likeness (QED) is 0.559. The van der Waals surface area contributed by atoms with Gasteiger partial charge < -0.3 is 9.64 Å². The molecule has 30 heavy (non-hydrogen) atoms. The van der Waals surface area contributed by atoms with Crippen molar-refractivity contribution >= 4 is 16.7 Å². The monoisotopic (exact) mass is 403 g/mol. The molecule has 0 radical (unpaired) electrons. The van der Waals surface area contributed by atoms with Crippen LogP contribution in [-0.4, -0.2) is 55.7 Å². The molecule has 0 aliphatic carbocycles. The van der Waals surface area contributed by atoms with E-state index in [0.717, 1.165) is 52.3 Å². The van der Waals surface area contributed by atoms with Crippen molar-refractivity contribution in [3.63, 3.8) is 0 Å². The summed E-state index contributed by atoms with van der Waals surface area (Å²) in [5, 5.41) is 12.7. The number of hydrogen-bond donors (Lipinski definition) is 1.